The van der Waals surface area contributed by atoms with Crippen molar-refractivity contribution in [2.24, 2.45) is 5.73 Å². The highest BCUT2D eigenvalue weighted by molar-refractivity contribution is 5.49. The predicted octanol–water partition coefficient (Wildman–Crippen LogP) is 4.87. The molecule has 0 heterocycles. The van der Waals surface area contributed by atoms with Crippen LogP contribution in [0.3, 0.4) is 0 Å². The van der Waals surface area contributed by atoms with Crippen LogP contribution in [-0.4, -0.2) is 13.1 Å². The molecular formula is C25H30N2. The molecule has 2 heteroatoms. The summed E-state index contributed by atoms with van der Waals surface area (Å²) < 4.78 is 0. The summed E-state index contributed by atoms with van der Waals surface area (Å²) in [6, 6.07) is 30.6. The van der Waals surface area contributed by atoms with Crippen molar-refractivity contribution >= 4 is 0 Å². The van der Waals surface area contributed by atoms with Gasteiger partial charge in [0.2, 0.25) is 0 Å². The molecule has 0 aliphatic carbocycles. The predicted molar refractivity (Wildman–Crippen MR) is 115 cm³/mol. The van der Waals surface area contributed by atoms with E-state index < -0.39 is 0 Å². The molecule has 0 bridgehead atoms. The molecule has 0 unspecified atom stereocenters. The second-order valence-electron chi connectivity index (χ2n) is 6.96. The fraction of sp³-hybridized carbons (Fsp3) is 0.280. The molecule has 0 amide bonds. The van der Waals surface area contributed by atoms with E-state index in [-0.39, 0.29) is 5.54 Å². The van der Waals surface area contributed by atoms with Crippen LogP contribution in [0, 0.1) is 0 Å². The van der Waals surface area contributed by atoms with E-state index in [1.54, 1.807) is 0 Å². The maximum atomic E-state index is 5.72. The quantitative estimate of drug-likeness (QED) is 0.423. The number of aryl methyl sites for hydroxylation is 1. The Morgan fingerprint density at radius 3 is 1.70 bits per heavy atom. The summed E-state index contributed by atoms with van der Waals surface area (Å²) in [5, 5.41) is 3.90. The average Bonchev–Trinajstić information content (AvgIpc) is 2.75. The van der Waals surface area contributed by atoms with Crippen LogP contribution in [0.2, 0.25) is 0 Å². The van der Waals surface area contributed by atoms with E-state index >= 15 is 0 Å². The standard InChI is InChI=1S/C25H30N2/c1-2-21-15-17-24(18-16-21)25(27-20-10-9-19-26,22-11-5-3-6-12-22)23-13-7-4-8-14-23/h3-8,11-18,27H,2,9-10,19-20,26H2,1H3. The van der Waals surface area contributed by atoms with Crippen LogP contribution in [-0.2, 0) is 12.0 Å². The summed E-state index contributed by atoms with van der Waals surface area (Å²) in [4.78, 5) is 0. The fourth-order valence-electron chi connectivity index (χ4n) is 3.72. The Labute approximate surface area is 163 Å². The Hall–Kier alpha value is -2.42. The van der Waals surface area contributed by atoms with Gasteiger partial charge in [-0.05, 0) is 54.6 Å². The summed E-state index contributed by atoms with van der Waals surface area (Å²) in [5.74, 6) is 0. The first-order valence-corrected chi connectivity index (χ1v) is 9.97. The van der Waals surface area contributed by atoms with Crippen molar-refractivity contribution < 1.29 is 0 Å². The molecule has 0 spiro atoms. The van der Waals surface area contributed by atoms with E-state index in [4.69, 9.17) is 5.73 Å². The third-order valence-electron chi connectivity index (χ3n) is 5.23. The summed E-state index contributed by atoms with van der Waals surface area (Å²) in [6.07, 6.45) is 3.14. The van der Waals surface area contributed by atoms with Crippen molar-refractivity contribution in [3.8, 4) is 0 Å². The van der Waals surface area contributed by atoms with Crippen LogP contribution in [0.25, 0.3) is 0 Å². The van der Waals surface area contributed by atoms with Crippen molar-refractivity contribution in [2.75, 3.05) is 13.1 Å². The lowest BCUT2D eigenvalue weighted by atomic mass is 9.76. The molecule has 140 valence electrons. The molecule has 0 atom stereocenters. The number of hydrogen-bond donors (Lipinski definition) is 2. The van der Waals surface area contributed by atoms with Crippen molar-refractivity contribution in [1.29, 1.82) is 0 Å². The number of benzene rings is 3. The minimum absolute atomic E-state index is 0.372. The van der Waals surface area contributed by atoms with E-state index in [9.17, 15) is 0 Å². The number of rotatable bonds is 9. The Kier molecular flexibility index (Phi) is 6.80. The molecule has 3 aromatic rings. The second kappa shape index (κ2) is 9.50. The summed E-state index contributed by atoms with van der Waals surface area (Å²) >= 11 is 0. The number of nitrogens with one attached hydrogen (secondary N) is 1. The molecule has 3 aromatic carbocycles. The third kappa shape index (κ3) is 4.29. The second-order valence-corrected chi connectivity index (χ2v) is 6.96. The third-order valence-corrected chi connectivity index (χ3v) is 5.23. The number of hydrogen-bond acceptors (Lipinski definition) is 2. The van der Waals surface area contributed by atoms with Crippen LogP contribution >= 0.6 is 0 Å². The van der Waals surface area contributed by atoms with Gasteiger partial charge in [-0.2, -0.15) is 0 Å². The zero-order valence-electron chi connectivity index (χ0n) is 16.2. The Balaban J connectivity index is 2.14. The summed E-state index contributed by atoms with van der Waals surface area (Å²) in [7, 11) is 0. The molecular weight excluding hydrogens is 328 g/mol. The minimum Gasteiger partial charge on any atom is -0.330 e. The molecule has 0 radical (unpaired) electrons. The van der Waals surface area contributed by atoms with Crippen LogP contribution in [0.15, 0.2) is 84.9 Å². The first-order valence-electron chi connectivity index (χ1n) is 9.97. The van der Waals surface area contributed by atoms with E-state index in [1.165, 1.54) is 22.3 Å². The van der Waals surface area contributed by atoms with Crippen LogP contribution in [0.4, 0.5) is 0 Å². The molecule has 3 N–H and O–H groups in total. The molecule has 27 heavy (non-hydrogen) atoms. The van der Waals surface area contributed by atoms with Crippen molar-refractivity contribution in [1.82, 2.24) is 5.32 Å². The van der Waals surface area contributed by atoms with E-state index in [0.717, 1.165) is 32.4 Å². The van der Waals surface area contributed by atoms with Crippen LogP contribution in [0.5, 0.6) is 0 Å². The van der Waals surface area contributed by atoms with Gasteiger partial charge in [0, 0.05) is 0 Å². The lowest BCUT2D eigenvalue weighted by Crippen LogP contribution is -2.45. The van der Waals surface area contributed by atoms with Gasteiger partial charge in [-0.1, -0.05) is 91.9 Å². The molecule has 0 aliphatic heterocycles. The minimum atomic E-state index is -0.372. The van der Waals surface area contributed by atoms with Crippen molar-refractivity contribution in [3.63, 3.8) is 0 Å². The molecule has 3 rings (SSSR count). The fourth-order valence-corrected chi connectivity index (χ4v) is 3.72. The van der Waals surface area contributed by atoms with Crippen LogP contribution in [0.1, 0.15) is 42.0 Å². The first-order chi connectivity index (χ1) is 13.3. The smallest absolute Gasteiger partial charge is 0.0947 e. The Morgan fingerprint density at radius 2 is 1.22 bits per heavy atom. The zero-order chi connectivity index (χ0) is 19.0. The summed E-state index contributed by atoms with van der Waals surface area (Å²) in [5.41, 5.74) is 10.5. The van der Waals surface area contributed by atoms with Crippen molar-refractivity contribution in [3.05, 3.63) is 107 Å². The van der Waals surface area contributed by atoms with Crippen molar-refractivity contribution in [2.45, 2.75) is 31.7 Å². The maximum Gasteiger partial charge on any atom is 0.0947 e. The highest BCUT2D eigenvalue weighted by atomic mass is 15.0. The van der Waals surface area contributed by atoms with E-state index in [2.05, 4.69) is 97.2 Å². The van der Waals surface area contributed by atoms with Gasteiger partial charge in [0.15, 0.2) is 0 Å². The molecule has 0 aromatic heterocycles. The lowest BCUT2D eigenvalue weighted by Gasteiger charge is -2.37. The molecule has 2 nitrogen and oxygen atoms in total. The molecule has 0 saturated carbocycles. The molecule has 0 saturated heterocycles. The van der Waals surface area contributed by atoms with E-state index in [1.807, 2.05) is 0 Å². The van der Waals surface area contributed by atoms with Gasteiger partial charge in [-0.15, -0.1) is 0 Å². The Morgan fingerprint density at radius 1 is 0.704 bits per heavy atom. The lowest BCUT2D eigenvalue weighted by molar-refractivity contribution is 0.461. The summed E-state index contributed by atoms with van der Waals surface area (Å²) in [6.45, 7) is 3.84. The normalized spacial score (nSPS) is 11.5. The molecule has 0 aliphatic rings. The van der Waals surface area contributed by atoms with Gasteiger partial charge >= 0.3 is 0 Å². The topological polar surface area (TPSA) is 38.0 Å². The number of nitrogens with two attached hydrogens (primary N) is 1. The van der Waals surface area contributed by atoms with Crippen LogP contribution < -0.4 is 11.1 Å². The van der Waals surface area contributed by atoms with Gasteiger partial charge in [-0.25, -0.2) is 0 Å². The zero-order valence-corrected chi connectivity index (χ0v) is 16.2. The average molecular weight is 359 g/mol. The highest BCUT2D eigenvalue weighted by Gasteiger charge is 2.35. The maximum absolute atomic E-state index is 5.72. The first kappa shape index (κ1) is 19.3. The largest absolute Gasteiger partial charge is 0.330 e. The van der Waals surface area contributed by atoms with Gasteiger partial charge in [0.05, 0.1) is 5.54 Å². The SMILES string of the molecule is CCc1ccc(C(NCCCCN)(c2ccccc2)c2ccccc2)cc1. The Bertz CT molecular complexity index is 755. The van der Waals surface area contributed by atoms with Gasteiger partial charge < -0.3 is 5.73 Å². The van der Waals surface area contributed by atoms with Gasteiger partial charge in [-0.3, -0.25) is 5.32 Å². The molecule has 0 fully saturated rings. The highest BCUT2D eigenvalue weighted by Crippen LogP contribution is 2.37. The number of unbranched alkanes of at least 4 members (excludes halogenated alkanes) is 1. The van der Waals surface area contributed by atoms with E-state index in [0.29, 0.717) is 0 Å². The van der Waals surface area contributed by atoms with Gasteiger partial charge in [0.1, 0.15) is 0 Å². The monoisotopic (exact) mass is 358 g/mol. The van der Waals surface area contributed by atoms with Gasteiger partial charge in [0.25, 0.3) is 0 Å².